The van der Waals surface area contributed by atoms with Gasteiger partial charge in [0.15, 0.2) is 0 Å². The van der Waals surface area contributed by atoms with Gasteiger partial charge in [0.25, 0.3) is 0 Å². The van der Waals surface area contributed by atoms with E-state index in [4.69, 9.17) is 4.74 Å². The van der Waals surface area contributed by atoms with Crippen molar-refractivity contribution < 1.29 is 4.74 Å². The highest BCUT2D eigenvalue weighted by atomic mass is 79.9. The molecule has 0 fully saturated rings. The van der Waals surface area contributed by atoms with Crippen molar-refractivity contribution >= 4 is 15.9 Å². The van der Waals surface area contributed by atoms with E-state index < -0.39 is 0 Å². The van der Waals surface area contributed by atoms with Gasteiger partial charge in [-0.3, -0.25) is 9.97 Å². The first-order valence-electron chi connectivity index (χ1n) is 7.06. The van der Waals surface area contributed by atoms with E-state index in [9.17, 15) is 0 Å². The van der Waals surface area contributed by atoms with E-state index in [1.807, 2.05) is 18.3 Å². The Morgan fingerprint density at radius 2 is 2.19 bits per heavy atom. The molecule has 21 heavy (non-hydrogen) atoms. The maximum atomic E-state index is 5.46. The fraction of sp³-hybridized carbons (Fsp3) is 0.375. The summed E-state index contributed by atoms with van der Waals surface area (Å²) in [6.07, 6.45) is 7.12. The first kappa shape index (κ1) is 15.9. The topological polar surface area (TPSA) is 47.0 Å². The molecule has 0 aliphatic heterocycles. The molecule has 0 bridgehead atoms. The molecule has 1 aromatic carbocycles. The molecule has 0 saturated carbocycles. The summed E-state index contributed by atoms with van der Waals surface area (Å²) >= 11 is 3.52. The van der Waals surface area contributed by atoms with E-state index in [0.29, 0.717) is 0 Å². The minimum atomic E-state index is 0.127. The van der Waals surface area contributed by atoms with Gasteiger partial charge in [-0.15, -0.1) is 0 Å². The second kappa shape index (κ2) is 8.10. The van der Waals surface area contributed by atoms with Crippen molar-refractivity contribution in [1.29, 1.82) is 0 Å². The monoisotopic (exact) mass is 349 g/mol. The largest absolute Gasteiger partial charge is 0.496 e. The maximum Gasteiger partial charge on any atom is 0.122 e. The Kier molecular flexibility index (Phi) is 6.14. The summed E-state index contributed by atoms with van der Waals surface area (Å²) in [5.41, 5.74) is 2.10. The summed E-state index contributed by atoms with van der Waals surface area (Å²) in [5, 5.41) is 3.53. The Hall–Kier alpha value is -1.46. The molecule has 1 aromatic heterocycles. The number of methoxy groups -OCH3 is 1. The Bertz CT molecular complexity index is 563. The van der Waals surface area contributed by atoms with Crippen molar-refractivity contribution in [2.24, 2.45) is 0 Å². The average molecular weight is 350 g/mol. The lowest BCUT2D eigenvalue weighted by Crippen LogP contribution is -2.25. The van der Waals surface area contributed by atoms with E-state index >= 15 is 0 Å². The fourth-order valence-electron chi connectivity index (χ4n) is 2.22. The van der Waals surface area contributed by atoms with E-state index in [2.05, 4.69) is 44.2 Å². The lowest BCUT2D eigenvalue weighted by Gasteiger charge is -2.19. The van der Waals surface area contributed by atoms with Crippen LogP contribution in [0.4, 0.5) is 0 Å². The SMILES string of the molecule is CCCNC(Cc1cc(Br)ccc1OC)c1cnccn1. The van der Waals surface area contributed by atoms with Crippen molar-refractivity contribution in [1.82, 2.24) is 15.3 Å². The highest BCUT2D eigenvalue weighted by molar-refractivity contribution is 9.10. The first-order chi connectivity index (χ1) is 10.2. The number of hydrogen-bond acceptors (Lipinski definition) is 4. The van der Waals surface area contributed by atoms with E-state index in [-0.39, 0.29) is 6.04 Å². The molecule has 2 aromatic rings. The van der Waals surface area contributed by atoms with Gasteiger partial charge in [-0.1, -0.05) is 22.9 Å². The molecule has 0 aliphatic carbocycles. The van der Waals surface area contributed by atoms with Gasteiger partial charge >= 0.3 is 0 Å². The second-order valence-electron chi connectivity index (χ2n) is 4.80. The maximum absolute atomic E-state index is 5.46. The Balaban J connectivity index is 2.24. The lowest BCUT2D eigenvalue weighted by molar-refractivity contribution is 0.404. The molecule has 0 saturated heterocycles. The zero-order valence-corrected chi connectivity index (χ0v) is 13.9. The van der Waals surface area contributed by atoms with Crippen molar-refractivity contribution in [3.8, 4) is 5.75 Å². The third kappa shape index (κ3) is 4.51. The zero-order chi connectivity index (χ0) is 15.1. The van der Waals surface area contributed by atoms with Crippen LogP contribution in [0.5, 0.6) is 5.75 Å². The molecule has 1 heterocycles. The Morgan fingerprint density at radius 3 is 2.86 bits per heavy atom. The molecule has 0 amide bonds. The summed E-state index contributed by atoms with van der Waals surface area (Å²) in [6, 6.07) is 6.18. The zero-order valence-electron chi connectivity index (χ0n) is 12.3. The summed E-state index contributed by atoms with van der Waals surface area (Å²) < 4.78 is 6.50. The number of rotatable bonds is 7. The van der Waals surface area contributed by atoms with Gasteiger partial charge in [0.2, 0.25) is 0 Å². The van der Waals surface area contributed by atoms with Crippen LogP contribution in [-0.2, 0) is 6.42 Å². The highest BCUT2D eigenvalue weighted by Crippen LogP contribution is 2.27. The van der Waals surface area contributed by atoms with Crippen LogP contribution < -0.4 is 10.1 Å². The van der Waals surface area contributed by atoms with Gasteiger partial charge in [0.05, 0.1) is 18.8 Å². The molecular formula is C16H20BrN3O. The van der Waals surface area contributed by atoms with Crippen LogP contribution in [0.1, 0.15) is 30.6 Å². The van der Waals surface area contributed by atoms with Crippen molar-refractivity contribution in [3.05, 3.63) is 52.5 Å². The molecule has 0 aliphatic rings. The molecule has 0 spiro atoms. The van der Waals surface area contributed by atoms with Crippen molar-refractivity contribution in [2.45, 2.75) is 25.8 Å². The molecule has 1 atom stereocenters. The average Bonchev–Trinajstić information content (AvgIpc) is 2.52. The summed E-state index contributed by atoms with van der Waals surface area (Å²) in [5.74, 6) is 0.894. The number of nitrogens with one attached hydrogen (secondary N) is 1. The van der Waals surface area contributed by atoms with Gasteiger partial charge in [0.1, 0.15) is 5.75 Å². The molecule has 5 heteroatoms. The fourth-order valence-corrected chi connectivity index (χ4v) is 2.63. The van der Waals surface area contributed by atoms with Gasteiger partial charge in [0, 0.05) is 23.1 Å². The predicted octanol–water partition coefficient (Wildman–Crippen LogP) is 3.53. The van der Waals surface area contributed by atoms with E-state index in [1.165, 1.54) is 0 Å². The number of hydrogen-bond donors (Lipinski definition) is 1. The molecule has 1 N–H and O–H groups in total. The standard InChI is InChI=1S/C16H20BrN3O/c1-3-6-19-14(15-11-18-7-8-20-15)10-12-9-13(17)4-5-16(12)21-2/h4-5,7-9,11,14,19H,3,6,10H2,1-2H3. The summed E-state index contributed by atoms with van der Waals surface area (Å²) in [7, 11) is 1.70. The first-order valence-corrected chi connectivity index (χ1v) is 7.85. The summed E-state index contributed by atoms with van der Waals surface area (Å²) in [6.45, 7) is 3.10. The van der Waals surface area contributed by atoms with Crippen LogP contribution in [0.2, 0.25) is 0 Å². The van der Waals surface area contributed by atoms with Crippen molar-refractivity contribution in [3.63, 3.8) is 0 Å². The molecule has 2 rings (SSSR count). The predicted molar refractivity (Wildman–Crippen MR) is 87.5 cm³/mol. The quantitative estimate of drug-likeness (QED) is 0.830. The Labute approximate surface area is 134 Å². The minimum Gasteiger partial charge on any atom is -0.496 e. The second-order valence-corrected chi connectivity index (χ2v) is 5.71. The number of benzene rings is 1. The van der Waals surface area contributed by atoms with Crippen LogP contribution in [0.15, 0.2) is 41.3 Å². The normalized spacial score (nSPS) is 12.1. The van der Waals surface area contributed by atoms with Gasteiger partial charge in [-0.2, -0.15) is 0 Å². The summed E-state index contributed by atoms with van der Waals surface area (Å²) in [4.78, 5) is 8.60. The number of aromatic nitrogens is 2. The third-order valence-electron chi connectivity index (χ3n) is 3.25. The van der Waals surface area contributed by atoms with Gasteiger partial charge < -0.3 is 10.1 Å². The van der Waals surface area contributed by atoms with Crippen LogP contribution in [0.3, 0.4) is 0 Å². The smallest absolute Gasteiger partial charge is 0.122 e. The molecule has 1 unspecified atom stereocenters. The molecule has 4 nitrogen and oxygen atoms in total. The number of ether oxygens (including phenoxy) is 1. The molecule has 112 valence electrons. The van der Waals surface area contributed by atoms with Crippen LogP contribution in [0.25, 0.3) is 0 Å². The van der Waals surface area contributed by atoms with Crippen LogP contribution >= 0.6 is 15.9 Å². The number of nitrogens with zero attached hydrogens (tertiary/aromatic N) is 2. The molecule has 0 radical (unpaired) electrons. The minimum absolute atomic E-state index is 0.127. The number of halogens is 1. The van der Waals surface area contributed by atoms with Gasteiger partial charge in [-0.05, 0) is 43.1 Å². The Morgan fingerprint density at radius 1 is 1.33 bits per heavy atom. The van der Waals surface area contributed by atoms with Crippen LogP contribution in [0, 0.1) is 0 Å². The van der Waals surface area contributed by atoms with E-state index in [1.54, 1.807) is 19.5 Å². The third-order valence-corrected chi connectivity index (χ3v) is 3.74. The highest BCUT2D eigenvalue weighted by Gasteiger charge is 2.16. The van der Waals surface area contributed by atoms with Crippen LogP contribution in [-0.4, -0.2) is 23.6 Å². The van der Waals surface area contributed by atoms with Gasteiger partial charge in [-0.25, -0.2) is 0 Å². The van der Waals surface area contributed by atoms with Crippen molar-refractivity contribution in [2.75, 3.05) is 13.7 Å². The molecular weight excluding hydrogens is 330 g/mol. The van der Waals surface area contributed by atoms with E-state index in [0.717, 1.165) is 40.9 Å². The lowest BCUT2D eigenvalue weighted by atomic mass is 10.0.